The van der Waals surface area contributed by atoms with Crippen molar-refractivity contribution in [3.05, 3.63) is 68.8 Å². The molecule has 0 unspecified atom stereocenters. The molecule has 1 N–H and O–H groups in total. The summed E-state index contributed by atoms with van der Waals surface area (Å²) < 4.78 is 6.50. The van der Waals surface area contributed by atoms with Crippen LogP contribution < -0.4 is 0 Å². The third kappa shape index (κ3) is 2.75. The average Bonchev–Trinajstić information content (AvgIpc) is 2.85. The third-order valence-electron chi connectivity index (χ3n) is 3.19. The molecule has 0 saturated heterocycles. The summed E-state index contributed by atoms with van der Waals surface area (Å²) in [6, 6.07) is 13.7. The second-order valence-corrected chi connectivity index (χ2v) is 5.98. The summed E-state index contributed by atoms with van der Waals surface area (Å²) in [5.74, 6) is 0.581. The van der Waals surface area contributed by atoms with Gasteiger partial charge in [-0.1, -0.05) is 33.6 Å². The number of furan rings is 1. The van der Waals surface area contributed by atoms with Gasteiger partial charge in [-0.3, -0.25) is 0 Å². The van der Waals surface area contributed by atoms with E-state index >= 15 is 0 Å². The summed E-state index contributed by atoms with van der Waals surface area (Å²) in [5.41, 5.74) is 3.02. The molecule has 0 aliphatic rings. The van der Waals surface area contributed by atoms with Gasteiger partial charge in [-0.2, -0.15) is 0 Å². The number of aliphatic hydroxyl groups is 1. The lowest BCUT2D eigenvalue weighted by Crippen LogP contribution is -1.89. The van der Waals surface area contributed by atoms with E-state index in [0.29, 0.717) is 5.76 Å². The average molecular weight is 352 g/mol. The van der Waals surface area contributed by atoms with E-state index in [1.54, 1.807) is 0 Å². The number of halogens is 2. The van der Waals surface area contributed by atoms with Crippen LogP contribution in [0, 0.1) is 0 Å². The highest BCUT2D eigenvalue weighted by molar-refractivity contribution is 9.10. The second-order valence-electron chi connectivity index (χ2n) is 4.66. The molecule has 0 radical (unpaired) electrons. The molecule has 0 aliphatic heterocycles. The lowest BCUT2D eigenvalue weighted by atomic mass is 10.0. The van der Waals surface area contributed by atoms with Crippen molar-refractivity contribution < 1.29 is 9.52 Å². The van der Waals surface area contributed by atoms with Gasteiger partial charge >= 0.3 is 0 Å². The predicted molar refractivity (Wildman–Crippen MR) is 84.1 cm³/mol. The molecule has 3 rings (SSSR count). The molecule has 0 saturated carbocycles. The van der Waals surface area contributed by atoms with Crippen LogP contribution in [0.3, 0.4) is 0 Å². The van der Waals surface area contributed by atoms with Crippen molar-refractivity contribution in [2.75, 3.05) is 0 Å². The van der Waals surface area contributed by atoms with Crippen molar-refractivity contribution in [2.24, 2.45) is 0 Å². The third-order valence-corrected chi connectivity index (χ3v) is 4.05. The van der Waals surface area contributed by atoms with E-state index in [0.717, 1.165) is 38.0 Å². The fourth-order valence-electron chi connectivity index (χ4n) is 2.23. The molecule has 102 valence electrons. The number of benzene rings is 2. The molecule has 4 heteroatoms. The predicted octanol–water partition coefficient (Wildman–Crippen LogP) is 4.93. The van der Waals surface area contributed by atoms with E-state index in [1.807, 2.05) is 36.4 Å². The Kier molecular flexibility index (Phi) is 3.83. The van der Waals surface area contributed by atoms with Gasteiger partial charge in [-0.15, -0.1) is 0 Å². The Hall–Kier alpha value is -1.29. The molecule has 0 fully saturated rings. The summed E-state index contributed by atoms with van der Waals surface area (Å²) in [6.07, 6.45) is 0.758. The Morgan fingerprint density at radius 2 is 1.95 bits per heavy atom. The van der Waals surface area contributed by atoms with Gasteiger partial charge in [0.05, 0.1) is 0 Å². The van der Waals surface area contributed by atoms with Crippen LogP contribution in [0.2, 0.25) is 5.02 Å². The molecule has 1 heterocycles. The molecule has 0 aliphatic carbocycles. The van der Waals surface area contributed by atoms with Crippen LogP contribution >= 0.6 is 27.5 Å². The summed E-state index contributed by atoms with van der Waals surface area (Å²) in [4.78, 5) is 0. The first kappa shape index (κ1) is 13.7. The van der Waals surface area contributed by atoms with Crippen molar-refractivity contribution >= 4 is 38.5 Å². The van der Waals surface area contributed by atoms with E-state index in [4.69, 9.17) is 21.1 Å². The number of aliphatic hydroxyl groups excluding tert-OH is 1. The fourth-order valence-corrected chi connectivity index (χ4v) is 2.83. The molecule has 1 aromatic heterocycles. The summed E-state index contributed by atoms with van der Waals surface area (Å²) in [7, 11) is 0. The van der Waals surface area contributed by atoms with E-state index in [-0.39, 0.29) is 6.61 Å². The second kappa shape index (κ2) is 5.60. The lowest BCUT2D eigenvalue weighted by molar-refractivity contribution is 0.251. The number of hydrogen-bond acceptors (Lipinski definition) is 2. The summed E-state index contributed by atoms with van der Waals surface area (Å²) in [6.45, 7) is -0.0819. The normalized spacial score (nSPS) is 11.2. The number of hydrogen-bond donors (Lipinski definition) is 1. The van der Waals surface area contributed by atoms with Crippen molar-refractivity contribution in [3.8, 4) is 0 Å². The van der Waals surface area contributed by atoms with E-state index in [9.17, 15) is 0 Å². The molecule has 3 aromatic rings. The number of rotatable bonds is 3. The first-order valence-electron chi connectivity index (χ1n) is 6.22. The van der Waals surface area contributed by atoms with Crippen LogP contribution in [0.15, 0.2) is 51.4 Å². The summed E-state index contributed by atoms with van der Waals surface area (Å²) in [5, 5.41) is 10.9. The first-order chi connectivity index (χ1) is 9.65. The molecular formula is C16H12BrClO2. The Morgan fingerprint density at radius 3 is 2.75 bits per heavy atom. The quantitative estimate of drug-likeness (QED) is 0.725. The van der Waals surface area contributed by atoms with Crippen LogP contribution in [-0.2, 0) is 13.0 Å². The minimum atomic E-state index is -0.0819. The Morgan fingerprint density at radius 1 is 1.10 bits per heavy atom. The smallest absolute Gasteiger partial charge is 0.134 e. The van der Waals surface area contributed by atoms with Crippen LogP contribution in [0.5, 0.6) is 0 Å². The highest BCUT2D eigenvalue weighted by atomic mass is 79.9. The van der Waals surface area contributed by atoms with Gasteiger partial charge in [-0.25, -0.2) is 0 Å². The van der Waals surface area contributed by atoms with Crippen molar-refractivity contribution in [2.45, 2.75) is 13.0 Å². The number of fused-ring (bicyclic) bond motifs is 1. The van der Waals surface area contributed by atoms with Gasteiger partial charge < -0.3 is 9.52 Å². The van der Waals surface area contributed by atoms with Gasteiger partial charge in [0, 0.05) is 14.9 Å². The standard InChI is InChI=1S/C16H12BrClO2/c17-13-2-3-15(18)11(7-13)5-10-1-4-16-12(6-10)8-14(9-19)20-16/h1-4,6-8,19H,5,9H2. The van der Waals surface area contributed by atoms with Gasteiger partial charge in [0.1, 0.15) is 18.0 Å². The Balaban J connectivity index is 1.96. The fraction of sp³-hybridized carbons (Fsp3) is 0.125. The van der Waals surface area contributed by atoms with Crippen LogP contribution in [0.25, 0.3) is 11.0 Å². The topological polar surface area (TPSA) is 33.4 Å². The van der Waals surface area contributed by atoms with Crippen LogP contribution in [0.4, 0.5) is 0 Å². The van der Waals surface area contributed by atoms with Gasteiger partial charge in [0.25, 0.3) is 0 Å². The minimum Gasteiger partial charge on any atom is -0.459 e. The first-order valence-corrected chi connectivity index (χ1v) is 7.39. The Labute approximate surface area is 130 Å². The van der Waals surface area contributed by atoms with E-state index in [1.165, 1.54) is 0 Å². The molecule has 2 aromatic carbocycles. The van der Waals surface area contributed by atoms with Crippen molar-refractivity contribution in [3.63, 3.8) is 0 Å². The van der Waals surface area contributed by atoms with Gasteiger partial charge in [-0.05, 0) is 53.9 Å². The van der Waals surface area contributed by atoms with Crippen molar-refractivity contribution in [1.29, 1.82) is 0 Å². The molecule has 20 heavy (non-hydrogen) atoms. The lowest BCUT2D eigenvalue weighted by Gasteiger charge is -2.05. The van der Waals surface area contributed by atoms with Crippen molar-refractivity contribution in [1.82, 2.24) is 0 Å². The van der Waals surface area contributed by atoms with E-state index in [2.05, 4.69) is 22.0 Å². The molecule has 2 nitrogen and oxygen atoms in total. The van der Waals surface area contributed by atoms with Crippen LogP contribution in [0.1, 0.15) is 16.9 Å². The highest BCUT2D eigenvalue weighted by Crippen LogP contribution is 2.26. The monoisotopic (exact) mass is 350 g/mol. The maximum absolute atomic E-state index is 9.09. The Bertz CT molecular complexity index is 764. The van der Waals surface area contributed by atoms with Crippen LogP contribution in [-0.4, -0.2) is 5.11 Å². The summed E-state index contributed by atoms with van der Waals surface area (Å²) >= 11 is 9.68. The van der Waals surface area contributed by atoms with Gasteiger partial charge in [0.15, 0.2) is 0 Å². The maximum Gasteiger partial charge on any atom is 0.134 e. The zero-order valence-electron chi connectivity index (χ0n) is 10.6. The molecule has 0 atom stereocenters. The molecule has 0 amide bonds. The molecule has 0 spiro atoms. The highest BCUT2D eigenvalue weighted by Gasteiger charge is 2.06. The zero-order chi connectivity index (χ0) is 14.1. The zero-order valence-corrected chi connectivity index (χ0v) is 12.9. The minimum absolute atomic E-state index is 0.0819. The van der Waals surface area contributed by atoms with E-state index < -0.39 is 0 Å². The SMILES string of the molecule is OCc1cc2cc(Cc3cc(Br)ccc3Cl)ccc2o1. The molecular weight excluding hydrogens is 340 g/mol. The molecule has 0 bridgehead atoms. The maximum atomic E-state index is 9.09. The largest absolute Gasteiger partial charge is 0.459 e. The van der Waals surface area contributed by atoms with Gasteiger partial charge in [0.2, 0.25) is 0 Å².